The minimum atomic E-state index is 0.612. The molecule has 0 bridgehead atoms. The summed E-state index contributed by atoms with van der Waals surface area (Å²) in [5, 5.41) is 7.32. The highest BCUT2D eigenvalue weighted by molar-refractivity contribution is 7.99. The lowest BCUT2D eigenvalue weighted by molar-refractivity contribution is 0.364. The Bertz CT molecular complexity index is 522. The number of benzene rings is 1. The molecule has 2 aromatic rings. The van der Waals surface area contributed by atoms with Gasteiger partial charge in [-0.05, 0) is 42.5 Å². The molecule has 0 aliphatic heterocycles. The molecule has 2 rings (SSSR count). The smallest absolute Gasteiger partial charge is 0.240 e. The summed E-state index contributed by atoms with van der Waals surface area (Å²) in [5.41, 5.74) is 0.990. The van der Waals surface area contributed by atoms with Crippen LogP contribution in [0.3, 0.4) is 0 Å². The molecule has 4 nitrogen and oxygen atoms in total. The number of nitrogens with one attached hydrogen (secondary N) is 1. The maximum Gasteiger partial charge on any atom is 0.240 e. The molecule has 1 heterocycles. The molecule has 0 saturated heterocycles. The van der Waals surface area contributed by atoms with E-state index in [0.717, 1.165) is 17.9 Å². The monoisotopic (exact) mass is 291 g/mol. The van der Waals surface area contributed by atoms with Crippen LogP contribution in [0, 0.1) is 5.92 Å². The number of hydrogen-bond acceptors (Lipinski definition) is 5. The molecule has 0 radical (unpaired) electrons. The fourth-order valence-electron chi connectivity index (χ4n) is 1.78. The van der Waals surface area contributed by atoms with E-state index in [4.69, 9.17) is 4.52 Å². The number of thioether (sulfide) groups is 1. The van der Waals surface area contributed by atoms with Crippen molar-refractivity contribution in [1.29, 1.82) is 0 Å². The lowest BCUT2D eigenvalue weighted by atomic mass is 10.2. The highest BCUT2D eigenvalue weighted by Gasteiger charge is 2.08. The predicted molar refractivity (Wildman–Crippen MR) is 82.7 cm³/mol. The van der Waals surface area contributed by atoms with Crippen LogP contribution in [-0.4, -0.2) is 22.4 Å². The Balaban J connectivity index is 1.97. The fourth-order valence-corrected chi connectivity index (χ4v) is 2.44. The van der Waals surface area contributed by atoms with E-state index >= 15 is 0 Å². The molecule has 0 saturated carbocycles. The molecule has 0 atom stereocenters. The summed E-state index contributed by atoms with van der Waals surface area (Å²) >= 11 is 1.82. The molecule has 1 N–H and O–H groups in total. The van der Waals surface area contributed by atoms with Crippen LogP contribution in [-0.2, 0) is 6.54 Å². The Morgan fingerprint density at radius 1 is 1.25 bits per heavy atom. The van der Waals surface area contributed by atoms with E-state index in [-0.39, 0.29) is 0 Å². The Hall–Kier alpha value is -1.33. The van der Waals surface area contributed by atoms with E-state index in [1.165, 1.54) is 4.90 Å². The van der Waals surface area contributed by atoms with E-state index in [0.29, 0.717) is 24.2 Å². The molecule has 20 heavy (non-hydrogen) atoms. The van der Waals surface area contributed by atoms with Crippen molar-refractivity contribution in [3.8, 4) is 11.4 Å². The Morgan fingerprint density at radius 3 is 2.65 bits per heavy atom. The zero-order valence-electron chi connectivity index (χ0n) is 12.2. The van der Waals surface area contributed by atoms with Gasteiger partial charge in [0.15, 0.2) is 0 Å². The van der Waals surface area contributed by atoms with Gasteiger partial charge in [0.2, 0.25) is 11.7 Å². The summed E-state index contributed by atoms with van der Waals surface area (Å²) in [7, 11) is 0. The maximum absolute atomic E-state index is 5.25. The fraction of sp³-hybridized carbons (Fsp3) is 0.467. The largest absolute Gasteiger partial charge is 0.338 e. The Morgan fingerprint density at radius 2 is 2.00 bits per heavy atom. The zero-order valence-corrected chi connectivity index (χ0v) is 13.0. The van der Waals surface area contributed by atoms with E-state index in [9.17, 15) is 0 Å². The minimum Gasteiger partial charge on any atom is -0.338 e. The second-order valence-electron chi connectivity index (χ2n) is 4.99. The normalized spacial score (nSPS) is 11.2. The summed E-state index contributed by atoms with van der Waals surface area (Å²) < 4.78 is 5.25. The molecule has 0 unspecified atom stereocenters. The number of nitrogens with zero attached hydrogens (tertiary/aromatic N) is 2. The summed E-state index contributed by atoms with van der Waals surface area (Å²) in [6.07, 6.45) is 0. The number of aromatic nitrogens is 2. The lowest BCUT2D eigenvalue weighted by Gasteiger charge is -2.03. The van der Waals surface area contributed by atoms with Crippen molar-refractivity contribution in [3.05, 3.63) is 30.2 Å². The van der Waals surface area contributed by atoms with Gasteiger partial charge < -0.3 is 9.84 Å². The molecule has 0 amide bonds. The van der Waals surface area contributed by atoms with E-state index < -0.39 is 0 Å². The maximum atomic E-state index is 5.25. The molecule has 0 aliphatic rings. The quantitative estimate of drug-likeness (QED) is 0.790. The predicted octanol–water partition coefficient (Wildman–Crippen LogP) is 3.59. The van der Waals surface area contributed by atoms with Crippen molar-refractivity contribution in [1.82, 2.24) is 15.5 Å². The van der Waals surface area contributed by atoms with Crippen molar-refractivity contribution in [2.45, 2.75) is 32.2 Å². The average Bonchev–Trinajstić information content (AvgIpc) is 2.88. The van der Waals surface area contributed by atoms with E-state index in [1.807, 2.05) is 23.9 Å². The minimum absolute atomic E-state index is 0.612. The van der Waals surface area contributed by atoms with Crippen molar-refractivity contribution in [3.63, 3.8) is 0 Å². The Kier molecular flexibility index (Phi) is 5.61. The van der Waals surface area contributed by atoms with Crippen LogP contribution < -0.4 is 5.32 Å². The Labute approximate surface area is 124 Å². The second kappa shape index (κ2) is 7.45. The number of rotatable bonds is 7. The van der Waals surface area contributed by atoms with Gasteiger partial charge in [0.1, 0.15) is 0 Å². The highest BCUT2D eigenvalue weighted by atomic mass is 32.2. The average molecular weight is 291 g/mol. The van der Waals surface area contributed by atoms with Crippen LogP contribution in [0.1, 0.15) is 26.7 Å². The summed E-state index contributed by atoms with van der Waals surface area (Å²) in [6, 6.07) is 8.26. The van der Waals surface area contributed by atoms with E-state index in [1.54, 1.807) is 0 Å². The van der Waals surface area contributed by atoms with Crippen molar-refractivity contribution in [2.75, 3.05) is 12.3 Å². The van der Waals surface area contributed by atoms with Gasteiger partial charge in [-0.3, -0.25) is 0 Å². The van der Waals surface area contributed by atoms with E-state index in [2.05, 4.69) is 48.4 Å². The van der Waals surface area contributed by atoms with Gasteiger partial charge >= 0.3 is 0 Å². The van der Waals surface area contributed by atoms with Gasteiger partial charge in [-0.2, -0.15) is 4.98 Å². The van der Waals surface area contributed by atoms with Crippen molar-refractivity contribution in [2.24, 2.45) is 5.92 Å². The first-order chi connectivity index (χ1) is 9.69. The molecule has 1 aromatic heterocycles. The van der Waals surface area contributed by atoms with Crippen LogP contribution in [0.5, 0.6) is 0 Å². The first-order valence-electron chi connectivity index (χ1n) is 6.95. The number of hydrogen-bond donors (Lipinski definition) is 1. The van der Waals surface area contributed by atoms with Gasteiger partial charge in [0.25, 0.3) is 0 Å². The van der Waals surface area contributed by atoms with Crippen molar-refractivity contribution < 1.29 is 4.52 Å². The topological polar surface area (TPSA) is 51.0 Å². The van der Waals surface area contributed by atoms with Crippen LogP contribution in [0.2, 0.25) is 0 Å². The summed E-state index contributed by atoms with van der Waals surface area (Å²) in [4.78, 5) is 5.67. The molecule has 0 spiro atoms. The third kappa shape index (κ3) is 4.35. The first-order valence-corrected chi connectivity index (χ1v) is 7.94. The lowest BCUT2D eigenvalue weighted by Crippen LogP contribution is -2.19. The van der Waals surface area contributed by atoms with Crippen LogP contribution in [0.15, 0.2) is 33.7 Å². The summed E-state index contributed by atoms with van der Waals surface area (Å²) in [5.74, 6) is 2.97. The van der Waals surface area contributed by atoms with Crippen LogP contribution >= 0.6 is 11.8 Å². The second-order valence-corrected chi connectivity index (χ2v) is 6.33. The van der Waals surface area contributed by atoms with Gasteiger partial charge in [-0.1, -0.05) is 25.9 Å². The van der Waals surface area contributed by atoms with Gasteiger partial charge in [0, 0.05) is 10.5 Å². The first kappa shape index (κ1) is 15.1. The van der Waals surface area contributed by atoms with Gasteiger partial charge in [-0.25, -0.2) is 0 Å². The SMILES string of the molecule is CCSc1ccc(-c2noc(CNCC(C)C)n2)cc1. The highest BCUT2D eigenvalue weighted by Crippen LogP contribution is 2.22. The summed E-state index contributed by atoms with van der Waals surface area (Å²) in [6.45, 7) is 8.05. The molecular formula is C15H21N3OS. The molecule has 1 aromatic carbocycles. The standard InChI is InChI=1S/C15H21N3OS/c1-4-20-13-7-5-12(6-8-13)15-17-14(19-18-15)10-16-9-11(2)3/h5-8,11,16H,4,9-10H2,1-3H3. The molecule has 108 valence electrons. The zero-order chi connectivity index (χ0) is 14.4. The molecule has 5 heteroatoms. The van der Waals surface area contributed by atoms with Crippen LogP contribution in [0.4, 0.5) is 0 Å². The third-order valence-corrected chi connectivity index (χ3v) is 3.61. The van der Waals surface area contributed by atoms with Gasteiger partial charge in [0.05, 0.1) is 6.54 Å². The molecule has 0 fully saturated rings. The third-order valence-electron chi connectivity index (χ3n) is 2.72. The van der Waals surface area contributed by atoms with Crippen LogP contribution in [0.25, 0.3) is 11.4 Å². The van der Waals surface area contributed by atoms with Gasteiger partial charge in [-0.15, -0.1) is 11.8 Å². The molecular weight excluding hydrogens is 270 g/mol. The molecule has 0 aliphatic carbocycles. The van der Waals surface area contributed by atoms with Crippen molar-refractivity contribution >= 4 is 11.8 Å².